The highest BCUT2D eigenvalue weighted by atomic mass is 19.4. The van der Waals surface area contributed by atoms with Crippen molar-refractivity contribution in [1.29, 1.82) is 0 Å². The van der Waals surface area contributed by atoms with Gasteiger partial charge in [0, 0.05) is 32.4 Å². The summed E-state index contributed by atoms with van der Waals surface area (Å²) in [6, 6.07) is 2.17. The third-order valence-electron chi connectivity index (χ3n) is 3.68. The fourth-order valence-electron chi connectivity index (χ4n) is 2.26. The number of hydrogen-bond acceptors (Lipinski definition) is 4. The number of carbonyl (C=O) groups excluding carboxylic acids is 1. The normalized spacial score (nSPS) is 16.6. The maximum Gasteiger partial charge on any atom is 0.417 e. The minimum atomic E-state index is -4.40. The fraction of sp³-hybridized carbons (Fsp3) is 0.571. The molecule has 2 rings (SSSR count). The lowest BCUT2D eigenvalue weighted by Gasteiger charge is -2.34. The van der Waals surface area contributed by atoms with Crippen LogP contribution < -0.4 is 5.32 Å². The number of amides is 1. The summed E-state index contributed by atoms with van der Waals surface area (Å²) in [6.07, 6.45) is -3.65. The van der Waals surface area contributed by atoms with Crippen LogP contribution in [0.3, 0.4) is 0 Å². The number of likely N-dealkylation sites (N-methyl/N-ethyl adjacent to an activating group) is 1. The molecule has 1 amide bonds. The number of pyridine rings is 1. The van der Waals surface area contributed by atoms with Crippen LogP contribution >= 0.6 is 0 Å². The van der Waals surface area contributed by atoms with Gasteiger partial charge in [0.15, 0.2) is 0 Å². The first-order chi connectivity index (χ1) is 10.4. The smallest absolute Gasteiger partial charge is 0.361 e. The summed E-state index contributed by atoms with van der Waals surface area (Å²) < 4.78 is 37.2. The molecular formula is C14H19F3N4O. The number of nitrogens with one attached hydrogen (secondary N) is 1. The van der Waals surface area contributed by atoms with E-state index < -0.39 is 11.7 Å². The zero-order chi connectivity index (χ0) is 16.2. The van der Waals surface area contributed by atoms with Crippen molar-refractivity contribution in [3.8, 4) is 0 Å². The number of nitrogens with zero attached hydrogens (tertiary/aromatic N) is 3. The molecule has 1 fully saturated rings. The Morgan fingerprint density at radius 2 is 1.95 bits per heavy atom. The Kier molecular flexibility index (Phi) is 5.23. The van der Waals surface area contributed by atoms with Crippen molar-refractivity contribution in [3.05, 3.63) is 23.9 Å². The zero-order valence-electron chi connectivity index (χ0n) is 12.4. The minimum absolute atomic E-state index is 0.0322. The van der Waals surface area contributed by atoms with E-state index in [0.29, 0.717) is 13.1 Å². The Bertz CT molecular complexity index is 496. The molecule has 0 radical (unpaired) electrons. The molecule has 0 atom stereocenters. The van der Waals surface area contributed by atoms with E-state index in [0.717, 1.165) is 31.9 Å². The zero-order valence-corrected chi connectivity index (χ0v) is 12.4. The van der Waals surface area contributed by atoms with Gasteiger partial charge in [-0.15, -0.1) is 0 Å². The molecule has 1 aliphatic heterocycles. The van der Waals surface area contributed by atoms with Crippen molar-refractivity contribution >= 4 is 11.7 Å². The molecule has 0 aromatic carbocycles. The van der Waals surface area contributed by atoms with Gasteiger partial charge in [-0.2, -0.15) is 13.2 Å². The molecular weight excluding hydrogens is 297 g/mol. The average molecular weight is 316 g/mol. The van der Waals surface area contributed by atoms with Crippen LogP contribution in [0.5, 0.6) is 0 Å². The second-order valence-electron chi connectivity index (χ2n) is 5.10. The molecule has 1 saturated heterocycles. The van der Waals surface area contributed by atoms with Crippen LogP contribution in [0.15, 0.2) is 18.3 Å². The second-order valence-corrected chi connectivity index (χ2v) is 5.10. The van der Waals surface area contributed by atoms with Gasteiger partial charge in [-0.1, -0.05) is 6.92 Å². The van der Waals surface area contributed by atoms with Gasteiger partial charge in [0.05, 0.1) is 12.1 Å². The lowest BCUT2D eigenvalue weighted by molar-refractivity contribution is -0.137. The van der Waals surface area contributed by atoms with E-state index in [1.54, 1.807) is 4.90 Å². The molecule has 8 heteroatoms. The topological polar surface area (TPSA) is 48.5 Å². The lowest BCUT2D eigenvalue weighted by Crippen LogP contribution is -2.49. The van der Waals surface area contributed by atoms with E-state index in [2.05, 4.69) is 22.1 Å². The van der Waals surface area contributed by atoms with Gasteiger partial charge in [0.25, 0.3) is 0 Å². The maximum atomic E-state index is 12.4. The molecule has 22 heavy (non-hydrogen) atoms. The molecule has 0 saturated carbocycles. The van der Waals surface area contributed by atoms with Crippen molar-refractivity contribution in [2.24, 2.45) is 0 Å². The third-order valence-corrected chi connectivity index (χ3v) is 3.68. The van der Waals surface area contributed by atoms with Crippen LogP contribution in [0.1, 0.15) is 12.5 Å². The van der Waals surface area contributed by atoms with Crippen LogP contribution in [0.2, 0.25) is 0 Å². The first-order valence-electron chi connectivity index (χ1n) is 7.17. The van der Waals surface area contributed by atoms with E-state index in [-0.39, 0.29) is 18.3 Å². The van der Waals surface area contributed by atoms with Crippen molar-refractivity contribution in [1.82, 2.24) is 14.8 Å². The summed E-state index contributed by atoms with van der Waals surface area (Å²) in [5.74, 6) is 0.186. The number of piperazine rings is 1. The monoisotopic (exact) mass is 316 g/mol. The SMILES string of the molecule is CCN1CCN(C(=O)CNc2ccc(C(F)(F)F)cn2)CC1. The number of carbonyl (C=O) groups is 1. The Morgan fingerprint density at radius 1 is 1.27 bits per heavy atom. The van der Waals surface area contributed by atoms with Crippen molar-refractivity contribution < 1.29 is 18.0 Å². The third kappa shape index (κ3) is 4.33. The minimum Gasteiger partial charge on any atom is -0.361 e. The van der Waals surface area contributed by atoms with Crippen LogP contribution in [0.25, 0.3) is 0 Å². The highest BCUT2D eigenvalue weighted by molar-refractivity contribution is 5.80. The Morgan fingerprint density at radius 3 is 2.45 bits per heavy atom. The number of anilines is 1. The molecule has 0 aliphatic carbocycles. The van der Waals surface area contributed by atoms with E-state index in [1.807, 2.05) is 0 Å². The predicted octanol–water partition coefficient (Wildman–Crippen LogP) is 1.68. The van der Waals surface area contributed by atoms with Crippen LogP contribution in [-0.4, -0.2) is 60.0 Å². The quantitative estimate of drug-likeness (QED) is 0.918. The predicted molar refractivity (Wildman–Crippen MR) is 76.4 cm³/mol. The molecule has 1 N–H and O–H groups in total. The molecule has 0 bridgehead atoms. The number of alkyl halides is 3. The van der Waals surface area contributed by atoms with Crippen molar-refractivity contribution in [2.45, 2.75) is 13.1 Å². The van der Waals surface area contributed by atoms with E-state index in [9.17, 15) is 18.0 Å². The second kappa shape index (κ2) is 6.95. The van der Waals surface area contributed by atoms with Crippen LogP contribution in [0.4, 0.5) is 19.0 Å². The van der Waals surface area contributed by atoms with Gasteiger partial charge in [-0.05, 0) is 18.7 Å². The molecule has 1 aromatic rings. The highest BCUT2D eigenvalue weighted by Crippen LogP contribution is 2.28. The van der Waals surface area contributed by atoms with Crippen LogP contribution in [-0.2, 0) is 11.0 Å². The van der Waals surface area contributed by atoms with E-state index in [4.69, 9.17) is 0 Å². The Hall–Kier alpha value is -1.83. The summed E-state index contributed by atoms with van der Waals surface area (Å²) in [5, 5.41) is 2.76. The summed E-state index contributed by atoms with van der Waals surface area (Å²) in [4.78, 5) is 19.7. The summed E-state index contributed by atoms with van der Waals surface area (Å²) in [5.41, 5.74) is -0.805. The van der Waals surface area contributed by atoms with E-state index >= 15 is 0 Å². The van der Waals surface area contributed by atoms with E-state index in [1.165, 1.54) is 6.07 Å². The maximum absolute atomic E-state index is 12.4. The van der Waals surface area contributed by atoms with Gasteiger partial charge in [0.1, 0.15) is 5.82 Å². The Balaban J connectivity index is 1.81. The average Bonchev–Trinajstić information content (AvgIpc) is 2.52. The Labute approximate surface area is 127 Å². The number of rotatable bonds is 4. The number of hydrogen-bond donors (Lipinski definition) is 1. The van der Waals surface area contributed by atoms with Gasteiger partial charge >= 0.3 is 6.18 Å². The highest BCUT2D eigenvalue weighted by Gasteiger charge is 2.30. The summed E-state index contributed by atoms with van der Waals surface area (Å²) in [7, 11) is 0. The lowest BCUT2D eigenvalue weighted by atomic mass is 10.3. The molecule has 2 heterocycles. The molecule has 1 aromatic heterocycles. The molecule has 5 nitrogen and oxygen atoms in total. The summed E-state index contributed by atoms with van der Waals surface area (Å²) in [6.45, 7) is 6.13. The van der Waals surface area contributed by atoms with Crippen LogP contribution in [0, 0.1) is 0 Å². The standard InChI is InChI=1S/C14H19F3N4O/c1-2-20-5-7-21(8-6-20)13(22)10-19-12-4-3-11(9-18-12)14(15,16)17/h3-4,9H,2,5-8,10H2,1H3,(H,18,19). The van der Waals surface area contributed by atoms with Gasteiger partial charge in [0.2, 0.25) is 5.91 Å². The summed E-state index contributed by atoms with van der Waals surface area (Å²) >= 11 is 0. The van der Waals surface area contributed by atoms with Gasteiger partial charge < -0.3 is 15.1 Å². The molecule has 0 spiro atoms. The number of halogens is 3. The largest absolute Gasteiger partial charge is 0.417 e. The van der Waals surface area contributed by atoms with Gasteiger partial charge in [-0.3, -0.25) is 4.79 Å². The molecule has 122 valence electrons. The first kappa shape index (κ1) is 16.5. The van der Waals surface area contributed by atoms with Gasteiger partial charge in [-0.25, -0.2) is 4.98 Å². The molecule has 0 unspecified atom stereocenters. The fourth-order valence-corrected chi connectivity index (χ4v) is 2.26. The van der Waals surface area contributed by atoms with Crippen molar-refractivity contribution in [3.63, 3.8) is 0 Å². The number of aromatic nitrogens is 1. The molecule has 1 aliphatic rings. The van der Waals surface area contributed by atoms with Crippen molar-refractivity contribution in [2.75, 3.05) is 44.6 Å². The first-order valence-corrected chi connectivity index (χ1v) is 7.17.